The summed E-state index contributed by atoms with van der Waals surface area (Å²) in [5.74, 6) is -3.07. The maximum absolute atomic E-state index is 12.4. The molecule has 0 radical (unpaired) electrons. The number of esters is 4. The molecule has 2 aliphatic rings. The fourth-order valence-electron chi connectivity index (χ4n) is 6.18. The van der Waals surface area contributed by atoms with E-state index in [9.17, 15) is 19.2 Å². The summed E-state index contributed by atoms with van der Waals surface area (Å²) in [5.41, 5.74) is 2.81. The van der Waals surface area contributed by atoms with Crippen LogP contribution in [0.4, 0.5) is 0 Å². The third-order valence-electron chi connectivity index (χ3n) is 8.44. The van der Waals surface area contributed by atoms with Crippen LogP contribution in [0.3, 0.4) is 0 Å². The van der Waals surface area contributed by atoms with Gasteiger partial charge in [0.15, 0.2) is 18.5 Å². The van der Waals surface area contributed by atoms with E-state index < -0.39 is 79.2 Å². The molecule has 0 spiro atoms. The molecule has 0 N–H and O–H groups in total. The lowest BCUT2D eigenvalue weighted by Gasteiger charge is -2.43. The van der Waals surface area contributed by atoms with E-state index in [1.807, 2.05) is 91.0 Å². The monoisotopic (exact) mass is 750 g/mol. The zero-order valence-electron chi connectivity index (χ0n) is 30.6. The first-order chi connectivity index (χ1) is 26.1. The van der Waals surface area contributed by atoms with Crippen molar-refractivity contribution in [1.82, 2.24) is 0 Å². The summed E-state index contributed by atoms with van der Waals surface area (Å²) < 4.78 is 59.8. The Morgan fingerprint density at radius 3 is 1.39 bits per heavy atom. The first-order valence-corrected chi connectivity index (χ1v) is 17.6. The first kappa shape index (κ1) is 40.5. The lowest BCUT2D eigenvalue weighted by atomic mass is 9.98. The third-order valence-corrected chi connectivity index (χ3v) is 8.44. The van der Waals surface area contributed by atoms with Crippen molar-refractivity contribution < 1.29 is 66.5 Å². The first-order valence-electron chi connectivity index (χ1n) is 17.6. The number of ether oxygens (including phenoxy) is 10. The van der Waals surface area contributed by atoms with E-state index in [0.29, 0.717) is 6.61 Å². The highest BCUT2D eigenvalue weighted by Gasteiger charge is 2.54. The molecular weight excluding hydrogens is 704 g/mol. The van der Waals surface area contributed by atoms with E-state index in [2.05, 4.69) is 0 Å². The smallest absolute Gasteiger partial charge is 0.305 e. The van der Waals surface area contributed by atoms with Crippen molar-refractivity contribution in [1.29, 1.82) is 0 Å². The van der Waals surface area contributed by atoms with Crippen molar-refractivity contribution in [2.24, 2.45) is 0 Å². The fraction of sp³-hybridized carbons (Fsp3) is 0.450. The number of carbonyl (C=O) groups excluding carboxylic acids is 4. The van der Waals surface area contributed by atoms with Crippen LogP contribution in [0.2, 0.25) is 0 Å². The van der Waals surface area contributed by atoms with Gasteiger partial charge in [-0.25, -0.2) is 0 Å². The topological polar surface area (TPSA) is 161 Å². The molecule has 2 fully saturated rings. The Morgan fingerprint density at radius 1 is 0.444 bits per heavy atom. The van der Waals surface area contributed by atoms with Gasteiger partial charge < -0.3 is 47.4 Å². The molecule has 2 aliphatic heterocycles. The number of carbonyl (C=O) groups is 4. The second-order valence-corrected chi connectivity index (χ2v) is 12.8. The van der Waals surface area contributed by atoms with Crippen LogP contribution in [0.1, 0.15) is 44.4 Å². The quantitative estimate of drug-likeness (QED) is 0.143. The summed E-state index contributed by atoms with van der Waals surface area (Å²) in [7, 11) is 0. The van der Waals surface area contributed by atoms with Gasteiger partial charge in [-0.3, -0.25) is 19.2 Å². The van der Waals surface area contributed by atoms with Crippen molar-refractivity contribution in [3.8, 4) is 0 Å². The molecule has 2 heterocycles. The average molecular weight is 751 g/mol. The maximum atomic E-state index is 12.4. The standard InChI is InChI=1S/C40H46O14/c1-25(41)49-35-33(54-40(52-28(4)44)38(51-27(3)43)36(35)50-26(2)42)24-48-39-37(47-22-31-18-12-7-13-19-31)34(46-21-30-16-10-6-11-17-30)32(53-39)23-45-20-29-14-8-5-9-15-29/h5-19,32-40H,20-24H2,1-4H3/t32-,33-,34-,35-,36+,37-,38-,39-,40-/m1/s1. The van der Waals surface area contributed by atoms with Crippen LogP contribution < -0.4 is 0 Å². The average Bonchev–Trinajstić information content (AvgIpc) is 3.47. The van der Waals surface area contributed by atoms with E-state index in [4.69, 9.17) is 47.4 Å². The maximum Gasteiger partial charge on any atom is 0.305 e. The van der Waals surface area contributed by atoms with Crippen molar-refractivity contribution in [2.75, 3.05) is 13.2 Å². The van der Waals surface area contributed by atoms with Crippen LogP contribution in [0.15, 0.2) is 91.0 Å². The molecule has 2 saturated heterocycles. The second-order valence-electron chi connectivity index (χ2n) is 12.8. The SMILES string of the molecule is CC(=O)O[C@@H]1O[C@H](CO[C@@H]2O[C@H](COCc3ccccc3)[C@@H](OCc3ccccc3)[C@H]2OCc2ccccc2)[C@@H](OC(C)=O)[C@H](OC(C)=O)[C@H]1OC(C)=O. The van der Waals surface area contributed by atoms with Crippen LogP contribution in [0.5, 0.6) is 0 Å². The Balaban J connectivity index is 1.42. The molecule has 290 valence electrons. The minimum Gasteiger partial charge on any atom is -0.456 e. The molecule has 0 aromatic heterocycles. The van der Waals surface area contributed by atoms with Crippen LogP contribution in [-0.2, 0) is 86.4 Å². The van der Waals surface area contributed by atoms with E-state index in [-0.39, 0.29) is 26.4 Å². The molecule has 3 aromatic rings. The fourth-order valence-corrected chi connectivity index (χ4v) is 6.18. The molecule has 0 amide bonds. The molecule has 54 heavy (non-hydrogen) atoms. The Bertz CT molecular complexity index is 1640. The van der Waals surface area contributed by atoms with Gasteiger partial charge in [0.25, 0.3) is 0 Å². The summed E-state index contributed by atoms with van der Waals surface area (Å²) >= 11 is 0. The van der Waals surface area contributed by atoms with E-state index >= 15 is 0 Å². The number of hydrogen-bond acceptors (Lipinski definition) is 14. The Morgan fingerprint density at radius 2 is 0.870 bits per heavy atom. The van der Waals surface area contributed by atoms with Gasteiger partial charge in [-0.15, -0.1) is 0 Å². The molecular formula is C40H46O14. The minimum absolute atomic E-state index is 0.128. The molecule has 5 rings (SSSR count). The van der Waals surface area contributed by atoms with Crippen molar-refractivity contribution in [3.63, 3.8) is 0 Å². The summed E-state index contributed by atoms with van der Waals surface area (Å²) in [6.45, 7) is 5.09. The number of hydrogen-bond donors (Lipinski definition) is 0. The molecule has 3 aromatic carbocycles. The highest BCUT2D eigenvalue weighted by Crippen LogP contribution is 2.33. The third kappa shape index (κ3) is 11.9. The van der Waals surface area contributed by atoms with Crippen LogP contribution in [0, 0.1) is 0 Å². The van der Waals surface area contributed by atoms with Gasteiger partial charge in [0.1, 0.15) is 24.4 Å². The Kier molecular flexibility index (Phi) is 15.1. The minimum atomic E-state index is -1.55. The molecule has 0 saturated carbocycles. The highest BCUT2D eigenvalue weighted by atomic mass is 16.8. The van der Waals surface area contributed by atoms with Gasteiger partial charge in [0.2, 0.25) is 12.4 Å². The van der Waals surface area contributed by atoms with E-state index in [1.54, 1.807) is 0 Å². The Labute approximate surface area is 313 Å². The summed E-state index contributed by atoms with van der Waals surface area (Å²) in [5, 5.41) is 0. The molecule has 14 nitrogen and oxygen atoms in total. The van der Waals surface area contributed by atoms with Gasteiger partial charge in [-0.1, -0.05) is 91.0 Å². The largest absolute Gasteiger partial charge is 0.456 e. The Hall–Kier alpha value is -4.70. The normalized spacial score (nSPS) is 26.4. The van der Waals surface area contributed by atoms with Gasteiger partial charge in [0.05, 0.1) is 33.0 Å². The summed E-state index contributed by atoms with van der Waals surface area (Å²) in [6, 6.07) is 28.9. The van der Waals surface area contributed by atoms with Gasteiger partial charge >= 0.3 is 23.9 Å². The van der Waals surface area contributed by atoms with Crippen LogP contribution in [0.25, 0.3) is 0 Å². The predicted molar refractivity (Wildman–Crippen MR) is 188 cm³/mol. The van der Waals surface area contributed by atoms with Gasteiger partial charge in [-0.2, -0.15) is 0 Å². The molecule has 0 aliphatic carbocycles. The molecule has 0 bridgehead atoms. The van der Waals surface area contributed by atoms with Crippen LogP contribution >= 0.6 is 0 Å². The van der Waals surface area contributed by atoms with E-state index in [1.165, 1.54) is 0 Å². The number of benzene rings is 3. The van der Waals surface area contributed by atoms with Crippen LogP contribution in [-0.4, -0.2) is 92.4 Å². The second kappa shape index (κ2) is 20.1. The molecule has 0 unspecified atom stereocenters. The van der Waals surface area contributed by atoms with Gasteiger partial charge in [-0.05, 0) is 16.7 Å². The summed E-state index contributed by atoms with van der Waals surface area (Å²) in [6.07, 6.45) is -10.2. The molecule has 14 heteroatoms. The zero-order chi connectivity index (χ0) is 38.5. The highest BCUT2D eigenvalue weighted by molar-refractivity contribution is 5.69. The van der Waals surface area contributed by atoms with E-state index in [0.717, 1.165) is 44.4 Å². The zero-order valence-corrected chi connectivity index (χ0v) is 30.6. The lowest BCUT2D eigenvalue weighted by molar-refractivity contribution is -0.308. The lowest BCUT2D eigenvalue weighted by Crippen LogP contribution is -2.63. The predicted octanol–water partition coefficient (Wildman–Crippen LogP) is 4.20. The van der Waals surface area contributed by atoms with Gasteiger partial charge in [0, 0.05) is 27.7 Å². The van der Waals surface area contributed by atoms with Crippen molar-refractivity contribution in [2.45, 2.75) is 103 Å². The van der Waals surface area contributed by atoms with Crippen molar-refractivity contribution in [3.05, 3.63) is 108 Å². The van der Waals surface area contributed by atoms with Crippen molar-refractivity contribution >= 4 is 23.9 Å². The summed E-state index contributed by atoms with van der Waals surface area (Å²) in [4.78, 5) is 48.9. The number of rotatable bonds is 17. The molecule has 9 atom stereocenters.